The van der Waals surface area contributed by atoms with Gasteiger partial charge in [0, 0.05) is 0 Å². The normalized spacial score (nSPS) is 13.1. The van der Waals surface area contributed by atoms with Gasteiger partial charge in [0.05, 0.1) is 6.10 Å². The van der Waals surface area contributed by atoms with E-state index in [-0.39, 0.29) is 6.10 Å². The van der Waals surface area contributed by atoms with Crippen molar-refractivity contribution in [2.75, 3.05) is 0 Å². The molecule has 0 aliphatic heterocycles. The minimum Gasteiger partial charge on any atom is -0.393 e. The molecule has 0 rings (SSSR count). The second-order valence-corrected chi connectivity index (χ2v) is 4.16. The van der Waals surface area contributed by atoms with Crippen LogP contribution in [0.3, 0.4) is 0 Å². The van der Waals surface area contributed by atoms with Crippen molar-refractivity contribution in [3.63, 3.8) is 0 Å². The van der Waals surface area contributed by atoms with Gasteiger partial charge in [0.25, 0.3) is 0 Å². The third-order valence-corrected chi connectivity index (χ3v) is 2.74. The average molecular weight is 199 g/mol. The summed E-state index contributed by atoms with van der Waals surface area (Å²) in [7, 11) is 0. The van der Waals surface area contributed by atoms with Crippen molar-refractivity contribution in [2.24, 2.45) is 0 Å². The van der Waals surface area contributed by atoms with Crippen molar-refractivity contribution >= 4 is 0 Å². The molecular weight excluding hydrogens is 172 g/mol. The van der Waals surface area contributed by atoms with Gasteiger partial charge < -0.3 is 5.11 Å². The Morgan fingerprint density at radius 3 is 1.93 bits per heavy atom. The molecule has 1 radical (unpaired) electrons. The standard InChI is InChI=1S/C13H27O/c1-3-5-6-7-8-9-10-11-12-13(14)4-2/h4,13-14H,3,5-12H2,1-2H3. The first-order valence-corrected chi connectivity index (χ1v) is 6.28. The van der Waals surface area contributed by atoms with E-state index in [9.17, 15) is 5.11 Å². The van der Waals surface area contributed by atoms with E-state index in [1.807, 2.05) is 13.3 Å². The highest BCUT2D eigenvalue weighted by Crippen LogP contribution is 2.11. The molecule has 0 aromatic carbocycles. The first kappa shape index (κ1) is 14.0. The summed E-state index contributed by atoms with van der Waals surface area (Å²) in [6.07, 6.45) is 13.4. The Kier molecular flexibility index (Phi) is 11.0. The van der Waals surface area contributed by atoms with Gasteiger partial charge in [-0.15, -0.1) is 0 Å². The van der Waals surface area contributed by atoms with E-state index < -0.39 is 0 Å². The summed E-state index contributed by atoms with van der Waals surface area (Å²) in [5, 5.41) is 9.28. The van der Waals surface area contributed by atoms with Gasteiger partial charge >= 0.3 is 0 Å². The molecule has 1 atom stereocenters. The lowest BCUT2D eigenvalue weighted by Crippen LogP contribution is -2.04. The molecule has 0 aliphatic rings. The largest absolute Gasteiger partial charge is 0.393 e. The molecule has 1 unspecified atom stereocenters. The van der Waals surface area contributed by atoms with Crippen LogP contribution in [0.4, 0.5) is 0 Å². The molecule has 0 saturated carbocycles. The second-order valence-electron chi connectivity index (χ2n) is 4.16. The molecule has 14 heavy (non-hydrogen) atoms. The first-order chi connectivity index (χ1) is 6.81. The Hall–Kier alpha value is -0.0400. The average Bonchev–Trinajstić information content (AvgIpc) is 2.21. The molecule has 0 bridgehead atoms. The van der Waals surface area contributed by atoms with Crippen LogP contribution in [0.25, 0.3) is 0 Å². The number of hydrogen-bond donors (Lipinski definition) is 1. The molecule has 1 nitrogen and oxygen atoms in total. The zero-order valence-electron chi connectivity index (χ0n) is 9.97. The van der Waals surface area contributed by atoms with Gasteiger partial charge in [0.1, 0.15) is 0 Å². The van der Waals surface area contributed by atoms with E-state index in [0.717, 1.165) is 6.42 Å². The van der Waals surface area contributed by atoms with Gasteiger partial charge in [-0.3, -0.25) is 0 Å². The molecule has 0 heterocycles. The predicted octanol–water partition coefficient (Wildman–Crippen LogP) is 4.10. The monoisotopic (exact) mass is 199 g/mol. The second kappa shape index (κ2) is 11.0. The predicted molar refractivity (Wildman–Crippen MR) is 63.2 cm³/mol. The Balaban J connectivity index is 2.92. The SMILES string of the molecule is C[CH]C(O)CCCCCCCCCC. The van der Waals surface area contributed by atoms with E-state index in [0.29, 0.717) is 0 Å². The quantitative estimate of drug-likeness (QED) is 0.525. The maximum atomic E-state index is 9.28. The van der Waals surface area contributed by atoms with Gasteiger partial charge in [-0.2, -0.15) is 0 Å². The van der Waals surface area contributed by atoms with Crippen LogP contribution in [0.2, 0.25) is 0 Å². The smallest absolute Gasteiger partial charge is 0.0569 e. The van der Waals surface area contributed by atoms with Crippen LogP contribution >= 0.6 is 0 Å². The Morgan fingerprint density at radius 1 is 0.929 bits per heavy atom. The third kappa shape index (κ3) is 10.0. The van der Waals surface area contributed by atoms with Crippen molar-refractivity contribution in [1.82, 2.24) is 0 Å². The molecule has 0 aromatic heterocycles. The highest BCUT2D eigenvalue weighted by molar-refractivity contribution is 4.68. The molecule has 0 spiro atoms. The van der Waals surface area contributed by atoms with Crippen LogP contribution in [-0.2, 0) is 0 Å². The van der Waals surface area contributed by atoms with Crippen molar-refractivity contribution in [3.05, 3.63) is 6.42 Å². The molecule has 85 valence electrons. The summed E-state index contributed by atoms with van der Waals surface area (Å²) in [6, 6.07) is 0. The van der Waals surface area contributed by atoms with Gasteiger partial charge in [0.2, 0.25) is 0 Å². The van der Waals surface area contributed by atoms with Gasteiger partial charge in [-0.05, 0) is 12.8 Å². The molecule has 0 aromatic rings. The number of aliphatic hydroxyl groups is 1. The molecular formula is C13H27O. The Labute approximate surface area is 89.9 Å². The van der Waals surface area contributed by atoms with E-state index in [2.05, 4.69) is 6.92 Å². The van der Waals surface area contributed by atoms with Gasteiger partial charge in [-0.25, -0.2) is 0 Å². The van der Waals surface area contributed by atoms with Crippen LogP contribution < -0.4 is 0 Å². The molecule has 0 saturated heterocycles. The highest BCUT2D eigenvalue weighted by atomic mass is 16.3. The van der Waals surface area contributed by atoms with Gasteiger partial charge in [-0.1, -0.05) is 65.2 Å². The van der Waals surface area contributed by atoms with Crippen LogP contribution in [0, 0.1) is 6.42 Å². The van der Waals surface area contributed by atoms with Crippen LogP contribution in [0.1, 0.15) is 71.6 Å². The van der Waals surface area contributed by atoms with E-state index in [1.54, 1.807) is 0 Å². The van der Waals surface area contributed by atoms with Crippen molar-refractivity contribution in [1.29, 1.82) is 0 Å². The van der Waals surface area contributed by atoms with E-state index >= 15 is 0 Å². The van der Waals surface area contributed by atoms with E-state index in [4.69, 9.17) is 0 Å². The number of hydrogen-bond acceptors (Lipinski definition) is 1. The van der Waals surface area contributed by atoms with Crippen LogP contribution in [0.15, 0.2) is 0 Å². The van der Waals surface area contributed by atoms with Crippen molar-refractivity contribution in [3.8, 4) is 0 Å². The molecule has 1 heteroatoms. The minimum atomic E-state index is -0.171. The maximum Gasteiger partial charge on any atom is 0.0569 e. The zero-order valence-corrected chi connectivity index (χ0v) is 9.97. The summed E-state index contributed by atoms with van der Waals surface area (Å²) in [6.45, 7) is 4.18. The van der Waals surface area contributed by atoms with Gasteiger partial charge in [0.15, 0.2) is 0 Å². The molecule has 0 aliphatic carbocycles. The fourth-order valence-corrected chi connectivity index (χ4v) is 1.65. The molecule has 0 fully saturated rings. The lowest BCUT2D eigenvalue weighted by atomic mass is 10.0. The lowest BCUT2D eigenvalue weighted by molar-refractivity contribution is 0.192. The fourth-order valence-electron chi connectivity index (χ4n) is 1.65. The summed E-state index contributed by atoms with van der Waals surface area (Å²) in [5.74, 6) is 0. The molecule has 0 amide bonds. The number of unbranched alkanes of at least 4 members (excludes halogenated alkanes) is 7. The Bertz CT molecular complexity index is 101. The third-order valence-electron chi connectivity index (χ3n) is 2.74. The lowest BCUT2D eigenvalue weighted by Gasteiger charge is -2.06. The summed E-state index contributed by atoms with van der Waals surface area (Å²) in [5.41, 5.74) is 0. The first-order valence-electron chi connectivity index (χ1n) is 6.28. The zero-order chi connectivity index (χ0) is 10.6. The Morgan fingerprint density at radius 2 is 1.43 bits per heavy atom. The van der Waals surface area contributed by atoms with Crippen LogP contribution in [-0.4, -0.2) is 11.2 Å². The number of aliphatic hydroxyl groups excluding tert-OH is 1. The molecule has 1 N–H and O–H groups in total. The highest BCUT2D eigenvalue weighted by Gasteiger charge is 1.99. The summed E-state index contributed by atoms with van der Waals surface area (Å²) >= 11 is 0. The van der Waals surface area contributed by atoms with E-state index in [1.165, 1.54) is 51.4 Å². The number of rotatable bonds is 10. The summed E-state index contributed by atoms with van der Waals surface area (Å²) < 4.78 is 0. The topological polar surface area (TPSA) is 20.2 Å². The van der Waals surface area contributed by atoms with Crippen molar-refractivity contribution < 1.29 is 5.11 Å². The minimum absolute atomic E-state index is 0.171. The summed E-state index contributed by atoms with van der Waals surface area (Å²) in [4.78, 5) is 0. The van der Waals surface area contributed by atoms with Crippen LogP contribution in [0.5, 0.6) is 0 Å². The fraction of sp³-hybridized carbons (Fsp3) is 0.923. The maximum absolute atomic E-state index is 9.28. The van der Waals surface area contributed by atoms with Crippen molar-refractivity contribution in [2.45, 2.75) is 77.7 Å².